The summed E-state index contributed by atoms with van der Waals surface area (Å²) >= 11 is 0. The fourth-order valence-corrected chi connectivity index (χ4v) is 3.47. The van der Waals surface area contributed by atoms with Gasteiger partial charge in [-0.3, -0.25) is 4.79 Å². The second-order valence-corrected chi connectivity index (χ2v) is 7.34. The van der Waals surface area contributed by atoms with Crippen molar-refractivity contribution in [2.24, 2.45) is 28.9 Å². The minimum atomic E-state index is 0. The van der Waals surface area contributed by atoms with Crippen LogP contribution >= 0.6 is 12.4 Å². The largest absolute Gasteiger partial charge is 0.342 e. The van der Waals surface area contributed by atoms with Crippen LogP contribution in [0.2, 0.25) is 0 Å². The van der Waals surface area contributed by atoms with Crippen LogP contribution in [0.15, 0.2) is 0 Å². The normalized spacial score (nSPS) is 30.1. The van der Waals surface area contributed by atoms with Gasteiger partial charge in [-0.15, -0.1) is 12.4 Å². The van der Waals surface area contributed by atoms with E-state index in [9.17, 15) is 4.79 Å². The van der Waals surface area contributed by atoms with Gasteiger partial charge in [0.1, 0.15) is 0 Å². The van der Waals surface area contributed by atoms with E-state index in [1.165, 1.54) is 25.7 Å². The molecule has 2 aliphatic carbocycles. The third kappa shape index (κ3) is 3.08. The van der Waals surface area contributed by atoms with Crippen molar-refractivity contribution in [2.45, 2.75) is 52.0 Å². The maximum atomic E-state index is 12.7. The first kappa shape index (κ1) is 15.1. The quantitative estimate of drug-likeness (QED) is 0.866. The van der Waals surface area contributed by atoms with Gasteiger partial charge in [-0.25, -0.2) is 0 Å². The maximum Gasteiger partial charge on any atom is 0.226 e. The van der Waals surface area contributed by atoms with E-state index in [2.05, 4.69) is 18.7 Å². The summed E-state index contributed by atoms with van der Waals surface area (Å²) in [5.41, 5.74) is 6.23. The van der Waals surface area contributed by atoms with Gasteiger partial charge in [-0.1, -0.05) is 13.8 Å². The van der Waals surface area contributed by atoms with Gasteiger partial charge in [-0.2, -0.15) is 0 Å². The predicted octanol–water partition coefficient (Wildman–Crippen LogP) is 2.43. The molecule has 1 heterocycles. The Morgan fingerprint density at radius 2 is 1.68 bits per heavy atom. The standard InChI is InChI=1S/C15H26N2O.ClH/c1-15(2)9-17(8-7-12(15)16)14(18)13(10-3-4-10)11-5-6-11;/h10-13H,3-9,16H2,1-2H3;1H. The Kier molecular flexibility index (Phi) is 4.18. The summed E-state index contributed by atoms with van der Waals surface area (Å²) in [7, 11) is 0. The number of halogens is 1. The number of nitrogens with two attached hydrogens (primary N) is 1. The number of carbonyl (C=O) groups is 1. The van der Waals surface area contributed by atoms with Crippen LogP contribution < -0.4 is 5.73 Å². The number of nitrogens with zero attached hydrogens (tertiary/aromatic N) is 1. The number of hydrogen-bond acceptors (Lipinski definition) is 2. The van der Waals surface area contributed by atoms with Gasteiger partial charge < -0.3 is 10.6 Å². The molecule has 2 N–H and O–H groups in total. The molecule has 0 aromatic rings. The van der Waals surface area contributed by atoms with E-state index in [-0.39, 0.29) is 23.9 Å². The molecule has 1 aliphatic heterocycles. The van der Waals surface area contributed by atoms with Crippen LogP contribution in [0.3, 0.4) is 0 Å². The van der Waals surface area contributed by atoms with Gasteiger partial charge in [0.15, 0.2) is 0 Å². The summed E-state index contributed by atoms with van der Waals surface area (Å²) in [6.45, 7) is 6.11. The third-order valence-corrected chi connectivity index (χ3v) is 5.17. The van der Waals surface area contributed by atoms with Crippen molar-refractivity contribution in [2.75, 3.05) is 13.1 Å². The Hall–Kier alpha value is -0.280. The highest BCUT2D eigenvalue weighted by atomic mass is 35.5. The molecule has 3 nitrogen and oxygen atoms in total. The molecule has 4 heteroatoms. The Morgan fingerprint density at radius 1 is 1.16 bits per heavy atom. The molecule has 1 unspecified atom stereocenters. The van der Waals surface area contributed by atoms with Crippen molar-refractivity contribution in [1.82, 2.24) is 4.90 Å². The van der Waals surface area contributed by atoms with Crippen molar-refractivity contribution in [3.63, 3.8) is 0 Å². The monoisotopic (exact) mass is 286 g/mol. The Bertz CT molecular complexity index is 338. The number of likely N-dealkylation sites (tertiary alicyclic amines) is 1. The van der Waals surface area contributed by atoms with Crippen LogP contribution in [-0.4, -0.2) is 29.9 Å². The van der Waals surface area contributed by atoms with Gasteiger partial charge >= 0.3 is 0 Å². The molecule has 0 radical (unpaired) electrons. The molecule has 19 heavy (non-hydrogen) atoms. The minimum Gasteiger partial charge on any atom is -0.342 e. The second-order valence-electron chi connectivity index (χ2n) is 7.34. The smallest absolute Gasteiger partial charge is 0.226 e. The molecule has 0 aromatic heterocycles. The molecular weight excluding hydrogens is 260 g/mol. The molecule has 0 aromatic carbocycles. The van der Waals surface area contributed by atoms with Gasteiger partial charge in [0.05, 0.1) is 0 Å². The maximum absolute atomic E-state index is 12.7. The van der Waals surface area contributed by atoms with Crippen LogP contribution in [-0.2, 0) is 4.79 Å². The van der Waals surface area contributed by atoms with E-state index < -0.39 is 0 Å². The van der Waals surface area contributed by atoms with Gasteiger partial charge in [0, 0.05) is 25.0 Å². The van der Waals surface area contributed by atoms with E-state index in [4.69, 9.17) is 5.73 Å². The zero-order valence-corrected chi connectivity index (χ0v) is 12.9. The van der Waals surface area contributed by atoms with Crippen LogP contribution in [0.25, 0.3) is 0 Å². The Balaban J connectivity index is 0.00000133. The van der Waals surface area contributed by atoms with Crippen LogP contribution in [0.1, 0.15) is 46.0 Å². The van der Waals surface area contributed by atoms with Crippen LogP contribution in [0, 0.1) is 23.2 Å². The van der Waals surface area contributed by atoms with Crippen LogP contribution in [0.5, 0.6) is 0 Å². The zero-order valence-electron chi connectivity index (χ0n) is 12.1. The summed E-state index contributed by atoms with van der Waals surface area (Å²) in [5.74, 6) is 2.22. The molecule has 3 fully saturated rings. The number of amides is 1. The molecule has 1 amide bonds. The Morgan fingerprint density at radius 3 is 2.11 bits per heavy atom. The molecule has 110 valence electrons. The highest BCUT2D eigenvalue weighted by Crippen LogP contribution is 2.50. The lowest BCUT2D eigenvalue weighted by Crippen LogP contribution is -2.55. The molecule has 1 atom stereocenters. The molecule has 3 rings (SSSR count). The third-order valence-electron chi connectivity index (χ3n) is 5.17. The number of hydrogen-bond donors (Lipinski definition) is 1. The summed E-state index contributed by atoms with van der Waals surface area (Å²) in [5, 5.41) is 0. The summed E-state index contributed by atoms with van der Waals surface area (Å²) in [6.07, 6.45) is 6.08. The highest BCUT2D eigenvalue weighted by Gasteiger charge is 2.48. The number of rotatable bonds is 3. The van der Waals surface area contributed by atoms with Crippen molar-refractivity contribution < 1.29 is 4.79 Å². The van der Waals surface area contributed by atoms with Crippen molar-refractivity contribution in [1.29, 1.82) is 0 Å². The topological polar surface area (TPSA) is 46.3 Å². The fourth-order valence-electron chi connectivity index (χ4n) is 3.47. The van der Waals surface area contributed by atoms with E-state index >= 15 is 0 Å². The van der Waals surface area contributed by atoms with Gasteiger partial charge in [-0.05, 0) is 49.4 Å². The first-order valence-corrected chi connectivity index (χ1v) is 7.53. The second kappa shape index (κ2) is 5.25. The summed E-state index contributed by atoms with van der Waals surface area (Å²) < 4.78 is 0. The average molecular weight is 287 g/mol. The fraction of sp³-hybridized carbons (Fsp3) is 0.933. The summed E-state index contributed by atoms with van der Waals surface area (Å²) in [4.78, 5) is 14.9. The average Bonchev–Trinajstić information content (AvgIpc) is 3.14. The molecule has 2 saturated carbocycles. The van der Waals surface area contributed by atoms with E-state index in [1.54, 1.807) is 0 Å². The Labute approximate surface area is 122 Å². The van der Waals surface area contributed by atoms with E-state index in [1.807, 2.05) is 0 Å². The highest BCUT2D eigenvalue weighted by molar-refractivity contribution is 5.85. The predicted molar refractivity (Wildman–Crippen MR) is 79.1 cm³/mol. The zero-order chi connectivity index (χ0) is 12.9. The lowest BCUT2D eigenvalue weighted by Gasteiger charge is -2.43. The number of carbonyl (C=O) groups excluding carboxylic acids is 1. The molecule has 0 spiro atoms. The van der Waals surface area contributed by atoms with E-state index in [0.717, 1.165) is 19.5 Å². The number of piperidine rings is 1. The summed E-state index contributed by atoms with van der Waals surface area (Å²) in [6, 6.07) is 0.238. The van der Waals surface area contributed by atoms with Crippen molar-refractivity contribution >= 4 is 18.3 Å². The van der Waals surface area contributed by atoms with Crippen LogP contribution in [0.4, 0.5) is 0 Å². The first-order chi connectivity index (χ1) is 8.49. The lowest BCUT2D eigenvalue weighted by molar-refractivity contribution is -0.140. The van der Waals surface area contributed by atoms with Gasteiger partial charge in [0.2, 0.25) is 5.91 Å². The SMILES string of the molecule is CC1(C)CN(C(=O)C(C2CC2)C2CC2)CCC1N.Cl. The first-order valence-electron chi connectivity index (χ1n) is 7.53. The van der Waals surface area contributed by atoms with Crippen molar-refractivity contribution in [3.05, 3.63) is 0 Å². The molecular formula is C15H27ClN2O. The van der Waals surface area contributed by atoms with Crippen molar-refractivity contribution in [3.8, 4) is 0 Å². The molecule has 0 bridgehead atoms. The van der Waals surface area contributed by atoms with E-state index in [0.29, 0.717) is 23.7 Å². The lowest BCUT2D eigenvalue weighted by atomic mass is 9.79. The molecule has 3 aliphatic rings. The minimum absolute atomic E-state index is 0. The molecule has 1 saturated heterocycles. The van der Waals surface area contributed by atoms with Gasteiger partial charge in [0.25, 0.3) is 0 Å².